The summed E-state index contributed by atoms with van der Waals surface area (Å²) in [5.41, 5.74) is 0. The molecule has 2 atom stereocenters. The molecule has 0 heterocycles. The van der Waals surface area contributed by atoms with E-state index in [0.29, 0.717) is 17.6 Å². The van der Waals surface area contributed by atoms with E-state index >= 15 is 0 Å². The van der Waals surface area contributed by atoms with Crippen LogP contribution in [0.2, 0.25) is 0 Å². The number of hydrogen-bond acceptors (Lipinski definition) is 2. The molecule has 4 nitrogen and oxygen atoms in total. The van der Waals surface area contributed by atoms with E-state index in [9.17, 15) is 9.90 Å². The summed E-state index contributed by atoms with van der Waals surface area (Å²) < 4.78 is 0.697. The van der Waals surface area contributed by atoms with Gasteiger partial charge in [-0.25, -0.2) is 0 Å². The van der Waals surface area contributed by atoms with Crippen LogP contribution in [-0.4, -0.2) is 52.9 Å². The van der Waals surface area contributed by atoms with Crippen molar-refractivity contribution in [3.63, 3.8) is 0 Å². The number of rotatable bonds is 12. The molecule has 0 radical (unpaired) electrons. The Balaban J connectivity index is 4.39. The molecule has 0 aliphatic carbocycles. The lowest BCUT2D eigenvalue weighted by Crippen LogP contribution is -2.55. The van der Waals surface area contributed by atoms with Crippen molar-refractivity contribution in [1.29, 1.82) is 0 Å². The number of carboxylic acid groups (broad SMARTS) is 1. The molecule has 20 heavy (non-hydrogen) atoms. The molecule has 0 amide bonds. The standard InChI is InChI=1S/C16H33NO3/c1-5-8-9-10-11-15(18)13-17(6-2,7-3)12-14(4)16(19)20/h14-15,18H,5-13H2,1-4H3/p+1. The quantitative estimate of drug-likeness (QED) is 0.429. The van der Waals surface area contributed by atoms with E-state index in [-0.39, 0.29) is 12.0 Å². The number of carbonyl (C=O) groups is 1. The Hall–Kier alpha value is -0.610. The summed E-state index contributed by atoms with van der Waals surface area (Å²) in [5.74, 6) is -1.10. The summed E-state index contributed by atoms with van der Waals surface area (Å²) in [6.45, 7) is 11.1. The minimum atomic E-state index is -0.744. The Kier molecular flexibility index (Phi) is 9.86. The zero-order valence-electron chi connectivity index (χ0n) is 13.8. The first-order valence-corrected chi connectivity index (χ1v) is 8.16. The minimum absolute atomic E-state index is 0.312. The lowest BCUT2D eigenvalue weighted by molar-refractivity contribution is -0.929. The number of quaternary nitrogens is 1. The lowest BCUT2D eigenvalue weighted by atomic mass is 10.1. The summed E-state index contributed by atoms with van der Waals surface area (Å²) in [6.07, 6.45) is 5.20. The molecule has 0 aliphatic rings. The molecule has 0 aromatic heterocycles. The Morgan fingerprint density at radius 3 is 2.10 bits per heavy atom. The first kappa shape index (κ1) is 19.4. The average molecular weight is 288 g/mol. The fourth-order valence-electron chi connectivity index (χ4n) is 2.82. The molecular formula is C16H34NO3+. The van der Waals surface area contributed by atoms with Crippen LogP contribution >= 0.6 is 0 Å². The molecule has 2 unspecified atom stereocenters. The molecule has 120 valence electrons. The van der Waals surface area contributed by atoms with Gasteiger partial charge in [0.2, 0.25) is 0 Å². The van der Waals surface area contributed by atoms with Gasteiger partial charge < -0.3 is 14.7 Å². The average Bonchev–Trinajstić information content (AvgIpc) is 2.42. The maximum Gasteiger partial charge on any atom is 0.311 e. The molecule has 2 N–H and O–H groups in total. The van der Waals surface area contributed by atoms with Crippen molar-refractivity contribution >= 4 is 5.97 Å². The summed E-state index contributed by atoms with van der Waals surface area (Å²) in [7, 11) is 0. The van der Waals surface area contributed by atoms with E-state index in [1.165, 1.54) is 19.3 Å². The first-order chi connectivity index (χ1) is 9.40. The number of aliphatic hydroxyl groups is 1. The number of nitrogens with zero attached hydrogens (tertiary/aromatic N) is 1. The molecule has 4 heteroatoms. The van der Waals surface area contributed by atoms with Gasteiger partial charge in [0.1, 0.15) is 18.6 Å². The summed E-state index contributed by atoms with van der Waals surface area (Å²) in [5, 5.41) is 19.3. The molecular weight excluding hydrogens is 254 g/mol. The highest BCUT2D eigenvalue weighted by molar-refractivity contribution is 5.69. The van der Waals surface area contributed by atoms with Crippen LogP contribution in [0.3, 0.4) is 0 Å². The van der Waals surface area contributed by atoms with Crippen molar-refractivity contribution < 1.29 is 19.5 Å². The third kappa shape index (κ3) is 7.25. The number of unbranched alkanes of at least 4 members (excludes halogenated alkanes) is 3. The van der Waals surface area contributed by atoms with E-state index in [4.69, 9.17) is 5.11 Å². The van der Waals surface area contributed by atoms with Crippen molar-refractivity contribution in [3.8, 4) is 0 Å². The molecule has 0 fully saturated rings. The number of aliphatic hydroxyl groups excluding tert-OH is 1. The van der Waals surface area contributed by atoms with Gasteiger partial charge >= 0.3 is 5.97 Å². The predicted molar refractivity (Wildman–Crippen MR) is 82.6 cm³/mol. The Bertz CT molecular complexity index is 264. The van der Waals surface area contributed by atoms with E-state index in [1.807, 2.05) is 0 Å². The van der Waals surface area contributed by atoms with E-state index < -0.39 is 5.97 Å². The number of likely N-dealkylation sites (N-methyl/N-ethyl adjacent to an activating group) is 1. The smallest absolute Gasteiger partial charge is 0.311 e. The summed E-state index contributed by atoms with van der Waals surface area (Å²) in [4.78, 5) is 11.1. The second-order valence-electron chi connectivity index (χ2n) is 6.08. The predicted octanol–water partition coefficient (Wildman–Crippen LogP) is 2.90. The highest BCUT2D eigenvalue weighted by atomic mass is 16.4. The number of carboxylic acids is 1. The molecule has 0 saturated carbocycles. The fraction of sp³-hybridized carbons (Fsp3) is 0.938. The Labute approximate surface area is 124 Å². The van der Waals surface area contributed by atoms with Gasteiger partial charge in [-0.15, -0.1) is 0 Å². The first-order valence-electron chi connectivity index (χ1n) is 8.16. The van der Waals surface area contributed by atoms with Crippen LogP contribution in [0.25, 0.3) is 0 Å². The normalized spacial score (nSPS) is 15.1. The topological polar surface area (TPSA) is 57.5 Å². The molecule has 0 saturated heterocycles. The largest absolute Gasteiger partial charge is 0.481 e. The third-order valence-corrected chi connectivity index (χ3v) is 4.41. The van der Waals surface area contributed by atoms with Crippen LogP contribution in [-0.2, 0) is 4.79 Å². The van der Waals surface area contributed by atoms with Crippen LogP contribution in [0.4, 0.5) is 0 Å². The van der Waals surface area contributed by atoms with Gasteiger partial charge in [0.15, 0.2) is 0 Å². The summed E-state index contributed by atoms with van der Waals surface area (Å²) in [6, 6.07) is 0. The monoisotopic (exact) mass is 288 g/mol. The lowest BCUT2D eigenvalue weighted by Gasteiger charge is -2.39. The zero-order chi connectivity index (χ0) is 15.6. The Morgan fingerprint density at radius 1 is 1.05 bits per heavy atom. The van der Waals surface area contributed by atoms with Crippen molar-refractivity contribution in [1.82, 2.24) is 0 Å². The van der Waals surface area contributed by atoms with Gasteiger partial charge in [0, 0.05) is 0 Å². The third-order valence-electron chi connectivity index (χ3n) is 4.41. The van der Waals surface area contributed by atoms with Gasteiger partial charge in [-0.2, -0.15) is 0 Å². The van der Waals surface area contributed by atoms with Gasteiger partial charge in [-0.1, -0.05) is 32.6 Å². The van der Waals surface area contributed by atoms with Crippen molar-refractivity contribution in [2.45, 2.75) is 65.9 Å². The van der Waals surface area contributed by atoms with Crippen LogP contribution in [0.1, 0.15) is 59.8 Å². The van der Waals surface area contributed by atoms with Gasteiger partial charge in [-0.05, 0) is 27.2 Å². The highest BCUT2D eigenvalue weighted by Gasteiger charge is 2.31. The van der Waals surface area contributed by atoms with Crippen LogP contribution in [0.15, 0.2) is 0 Å². The van der Waals surface area contributed by atoms with Gasteiger partial charge in [-0.3, -0.25) is 4.79 Å². The van der Waals surface area contributed by atoms with Gasteiger partial charge in [0.05, 0.1) is 19.6 Å². The van der Waals surface area contributed by atoms with Crippen molar-refractivity contribution in [2.75, 3.05) is 26.2 Å². The Morgan fingerprint density at radius 2 is 1.65 bits per heavy atom. The van der Waals surface area contributed by atoms with E-state index in [2.05, 4.69) is 20.8 Å². The maximum atomic E-state index is 11.1. The van der Waals surface area contributed by atoms with Crippen molar-refractivity contribution in [3.05, 3.63) is 0 Å². The maximum absolute atomic E-state index is 11.1. The highest BCUT2D eigenvalue weighted by Crippen LogP contribution is 2.16. The molecule has 0 bridgehead atoms. The number of hydrogen-bond donors (Lipinski definition) is 2. The van der Waals surface area contributed by atoms with Crippen LogP contribution in [0.5, 0.6) is 0 Å². The SMILES string of the molecule is CCCCCCC(O)C[N+](CC)(CC)CC(C)C(=O)O. The fourth-order valence-corrected chi connectivity index (χ4v) is 2.82. The minimum Gasteiger partial charge on any atom is -0.481 e. The van der Waals surface area contributed by atoms with Gasteiger partial charge in [0.25, 0.3) is 0 Å². The van der Waals surface area contributed by atoms with Crippen LogP contribution in [0, 0.1) is 5.92 Å². The van der Waals surface area contributed by atoms with E-state index in [0.717, 1.165) is 25.9 Å². The van der Waals surface area contributed by atoms with E-state index in [1.54, 1.807) is 6.92 Å². The second kappa shape index (κ2) is 10.2. The molecule has 0 aliphatic heterocycles. The molecule has 0 rings (SSSR count). The van der Waals surface area contributed by atoms with Crippen LogP contribution < -0.4 is 0 Å². The number of aliphatic carboxylic acids is 1. The molecule has 0 aromatic carbocycles. The summed E-state index contributed by atoms with van der Waals surface area (Å²) >= 11 is 0. The molecule has 0 spiro atoms. The second-order valence-corrected chi connectivity index (χ2v) is 6.08. The van der Waals surface area contributed by atoms with Crippen molar-refractivity contribution in [2.24, 2.45) is 5.92 Å². The molecule has 0 aromatic rings. The zero-order valence-corrected chi connectivity index (χ0v) is 13.8.